The van der Waals surface area contributed by atoms with Crippen molar-refractivity contribution in [1.29, 1.82) is 0 Å². The number of rotatable bonds is 5. The normalized spacial score (nSPS) is 12.6. The molecule has 0 aliphatic rings. The van der Waals surface area contributed by atoms with Crippen LogP contribution in [0.15, 0.2) is 42.5 Å². The van der Waals surface area contributed by atoms with Gasteiger partial charge < -0.3 is 15.2 Å². The molecule has 0 spiro atoms. The van der Waals surface area contributed by atoms with Crippen LogP contribution in [0.2, 0.25) is 0 Å². The maximum atomic E-state index is 11.6. The Bertz CT molecular complexity index is 733. The first-order valence-electron chi connectivity index (χ1n) is 7.94. The van der Waals surface area contributed by atoms with Crippen molar-refractivity contribution in [1.82, 2.24) is 5.32 Å². The molecule has 2 N–H and O–H groups in total. The summed E-state index contributed by atoms with van der Waals surface area (Å²) in [6.45, 7) is 5.57. The summed E-state index contributed by atoms with van der Waals surface area (Å²) in [6, 6.07) is 13.4. The number of amides is 1. The van der Waals surface area contributed by atoms with Crippen LogP contribution in [0.1, 0.15) is 38.7 Å². The number of fused-ring (bicyclic) bond motifs is 1. The molecule has 128 valence electrons. The molecule has 5 nitrogen and oxygen atoms in total. The lowest BCUT2D eigenvalue weighted by Gasteiger charge is -2.20. The summed E-state index contributed by atoms with van der Waals surface area (Å²) in [4.78, 5) is 23.2. The number of carbonyl (C=O) groups is 2. The second-order valence-corrected chi connectivity index (χ2v) is 6.71. The molecule has 0 aromatic heterocycles. The van der Waals surface area contributed by atoms with Gasteiger partial charge in [0, 0.05) is 6.54 Å². The zero-order chi connectivity index (χ0) is 17.7. The molecule has 1 amide bonds. The Balaban J connectivity index is 2.03. The summed E-state index contributed by atoms with van der Waals surface area (Å²) in [5.41, 5.74) is 0.154. The topological polar surface area (TPSA) is 75.6 Å². The van der Waals surface area contributed by atoms with Crippen LogP contribution >= 0.6 is 0 Å². The van der Waals surface area contributed by atoms with Gasteiger partial charge in [-0.2, -0.15) is 0 Å². The number of carboxylic acids is 1. The van der Waals surface area contributed by atoms with Gasteiger partial charge in [0.1, 0.15) is 5.60 Å². The van der Waals surface area contributed by atoms with E-state index >= 15 is 0 Å². The molecule has 2 aromatic carbocycles. The van der Waals surface area contributed by atoms with Crippen LogP contribution in [0.4, 0.5) is 4.79 Å². The first kappa shape index (κ1) is 17.8. The highest BCUT2D eigenvalue weighted by Gasteiger charge is 2.21. The molecule has 0 saturated carbocycles. The Morgan fingerprint density at radius 2 is 1.79 bits per heavy atom. The fraction of sp³-hybridized carbons (Fsp3) is 0.368. The van der Waals surface area contributed by atoms with Gasteiger partial charge in [-0.3, -0.25) is 4.79 Å². The molecule has 0 aliphatic carbocycles. The van der Waals surface area contributed by atoms with Crippen molar-refractivity contribution in [3.63, 3.8) is 0 Å². The molecular weight excluding hydrogens is 306 g/mol. The second-order valence-electron chi connectivity index (χ2n) is 6.71. The van der Waals surface area contributed by atoms with Crippen LogP contribution < -0.4 is 5.32 Å². The highest BCUT2D eigenvalue weighted by molar-refractivity contribution is 5.85. The smallest absolute Gasteiger partial charge is 0.407 e. The Kier molecular flexibility index (Phi) is 5.44. The Hall–Kier alpha value is -2.56. The van der Waals surface area contributed by atoms with Gasteiger partial charge in [-0.15, -0.1) is 0 Å². The summed E-state index contributed by atoms with van der Waals surface area (Å²) < 4.78 is 5.15. The van der Waals surface area contributed by atoms with E-state index in [0.29, 0.717) is 6.42 Å². The average Bonchev–Trinajstić information content (AvgIpc) is 2.49. The van der Waals surface area contributed by atoms with E-state index in [2.05, 4.69) is 5.32 Å². The largest absolute Gasteiger partial charge is 0.481 e. The van der Waals surface area contributed by atoms with Gasteiger partial charge in [-0.25, -0.2) is 4.79 Å². The summed E-state index contributed by atoms with van der Waals surface area (Å²) in [7, 11) is 0. The van der Waals surface area contributed by atoms with Crippen molar-refractivity contribution in [3.05, 3.63) is 48.0 Å². The SMILES string of the molecule is CC(C)(C)OC(=O)NCCC(C(=O)O)c1ccc2ccccc2c1. The van der Waals surface area contributed by atoms with E-state index in [4.69, 9.17) is 4.74 Å². The minimum absolute atomic E-state index is 0.235. The molecule has 0 bridgehead atoms. The quantitative estimate of drug-likeness (QED) is 0.871. The predicted octanol–water partition coefficient (Wildman–Crippen LogP) is 3.92. The number of alkyl carbamates (subject to hydrolysis) is 1. The minimum Gasteiger partial charge on any atom is -0.481 e. The fourth-order valence-electron chi connectivity index (χ4n) is 2.49. The van der Waals surface area contributed by atoms with Gasteiger partial charge in [-0.1, -0.05) is 42.5 Å². The molecule has 0 saturated heterocycles. The van der Waals surface area contributed by atoms with Crippen LogP contribution in [0.25, 0.3) is 10.8 Å². The maximum Gasteiger partial charge on any atom is 0.407 e. The summed E-state index contributed by atoms with van der Waals surface area (Å²) in [6.07, 6.45) is -0.238. The van der Waals surface area contributed by atoms with E-state index in [0.717, 1.165) is 16.3 Å². The van der Waals surface area contributed by atoms with Crippen molar-refractivity contribution >= 4 is 22.8 Å². The standard InChI is InChI=1S/C19H23NO4/c1-19(2,3)24-18(23)20-11-10-16(17(21)22)15-9-8-13-6-4-5-7-14(13)12-15/h4-9,12,16H,10-11H2,1-3H3,(H,20,23)(H,21,22). The Labute approximate surface area is 141 Å². The molecule has 2 aromatic rings. The van der Waals surface area contributed by atoms with E-state index in [1.807, 2.05) is 42.5 Å². The van der Waals surface area contributed by atoms with E-state index in [-0.39, 0.29) is 6.54 Å². The molecule has 24 heavy (non-hydrogen) atoms. The van der Waals surface area contributed by atoms with Gasteiger partial charge >= 0.3 is 12.1 Å². The van der Waals surface area contributed by atoms with Crippen LogP contribution in [-0.2, 0) is 9.53 Å². The van der Waals surface area contributed by atoms with E-state index in [1.165, 1.54) is 0 Å². The maximum absolute atomic E-state index is 11.6. The number of benzene rings is 2. The van der Waals surface area contributed by atoms with Gasteiger partial charge in [0.2, 0.25) is 0 Å². The number of carboxylic acid groups (broad SMARTS) is 1. The summed E-state index contributed by atoms with van der Waals surface area (Å²) >= 11 is 0. The molecule has 0 radical (unpaired) electrons. The van der Waals surface area contributed by atoms with Crippen LogP contribution in [0, 0.1) is 0 Å². The van der Waals surface area contributed by atoms with Crippen molar-refractivity contribution in [2.75, 3.05) is 6.54 Å². The Morgan fingerprint density at radius 1 is 1.12 bits per heavy atom. The molecule has 0 fully saturated rings. The fourth-order valence-corrected chi connectivity index (χ4v) is 2.49. The zero-order valence-corrected chi connectivity index (χ0v) is 14.2. The second kappa shape index (κ2) is 7.34. The first-order valence-corrected chi connectivity index (χ1v) is 7.94. The third-order valence-electron chi connectivity index (χ3n) is 3.58. The predicted molar refractivity (Wildman–Crippen MR) is 93.2 cm³/mol. The molecule has 2 rings (SSSR count). The summed E-state index contributed by atoms with van der Waals surface area (Å²) in [5.74, 6) is -1.58. The monoisotopic (exact) mass is 329 g/mol. The number of hydrogen-bond acceptors (Lipinski definition) is 3. The molecular formula is C19H23NO4. The third kappa shape index (κ3) is 4.98. The lowest BCUT2D eigenvalue weighted by Crippen LogP contribution is -2.33. The summed E-state index contributed by atoms with van der Waals surface area (Å²) in [5, 5.41) is 14.2. The highest BCUT2D eigenvalue weighted by atomic mass is 16.6. The van der Waals surface area contributed by atoms with Gasteiger partial charge in [0.15, 0.2) is 0 Å². The zero-order valence-electron chi connectivity index (χ0n) is 14.2. The van der Waals surface area contributed by atoms with E-state index in [9.17, 15) is 14.7 Å². The Morgan fingerprint density at radius 3 is 2.42 bits per heavy atom. The number of nitrogens with one attached hydrogen (secondary N) is 1. The molecule has 5 heteroatoms. The van der Waals surface area contributed by atoms with Gasteiger partial charge in [0.25, 0.3) is 0 Å². The van der Waals surface area contributed by atoms with E-state index in [1.54, 1.807) is 20.8 Å². The van der Waals surface area contributed by atoms with Gasteiger partial charge in [0.05, 0.1) is 5.92 Å². The van der Waals surface area contributed by atoms with Crippen LogP contribution in [0.3, 0.4) is 0 Å². The lowest BCUT2D eigenvalue weighted by molar-refractivity contribution is -0.139. The van der Waals surface area contributed by atoms with E-state index < -0.39 is 23.6 Å². The minimum atomic E-state index is -0.906. The molecule has 0 aliphatic heterocycles. The van der Waals surface area contributed by atoms with Crippen molar-refractivity contribution in [2.24, 2.45) is 0 Å². The highest BCUT2D eigenvalue weighted by Crippen LogP contribution is 2.24. The number of aliphatic carboxylic acids is 1. The first-order chi connectivity index (χ1) is 11.3. The average molecular weight is 329 g/mol. The van der Waals surface area contributed by atoms with Crippen LogP contribution in [-0.4, -0.2) is 29.3 Å². The number of carbonyl (C=O) groups excluding carboxylic acids is 1. The molecule has 0 heterocycles. The van der Waals surface area contributed by atoms with Gasteiger partial charge in [-0.05, 0) is 43.5 Å². The third-order valence-corrected chi connectivity index (χ3v) is 3.58. The van der Waals surface area contributed by atoms with Crippen molar-refractivity contribution in [2.45, 2.75) is 38.7 Å². The van der Waals surface area contributed by atoms with Crippen LogP contribution in [0.5, 0.6) is 0 Å². The lowest BCUT2D eigenvalue weighted by atomic mass is 9.93. The van der Waals surface area contributed by atoms with Crippen molar-refractivity contribution < 1.29 is 19.4 Å². The number of hydrogen-bond donors (Lipinski definition) is 2. The molecule has 1 unspecified atom stereocenters. The molecule has 1 atom stereocenters. The van der Waals surface area contributed by atoms with Crippen molar-refractivity contribution in [3.8, 4) is 0 Å². The number of ether oxygens (including phenoxy) is 1.